The molecule has 0 amide bonds. The fraction of sp³-hybridized carbons (Fsp3) is 1.00. The van der Waals surface area contributed by atoms with Crippen molar-refractivity contribution in [3.8, 4) is 0 Å². The minimum absolute atomic E-state index is 0.434. The molecule has 15 heavy (non-hydrogen) atoms. The topological polar surface area (TPSA) is 21.3 Å². The average molecular weight is 209 g/mol. The van der Waals surface area contributed by atoms with Crippen LogP contribution < -0.4 is 5.32 Å². The second kappa shape index (κ2) is 4.06. The van der Waals surface area contributed by atoms with Crippen LogP contribution in [0.15, 0.2) is 0 Å². The Labute approximate surface area is 92.8 Å². The lowest BCUT2D eigenvalue weighted by Crippen LogP contribution is -2.38. The second-order valence-electron chi connectivity index (χ2n) is 5.81. The van der Waals surface area contributed by atoms with Crippen molar-refractivity contribution >= 4 is 0 Å². The van der Waals surface area contributed by atoms with Crippen LogP contribution >= 0.6 is 0 Å². The van der Waals surface area contributed by atoms with Crippen LogP contribution in [0.4, 0.5) is 0 Å². The fourth-order valence-corrected chi connectivity index (χ4v) is 3.93. The van der Waals surface area contributed by atoms with Crippen molar-refractivity contribution in [1.82, 2.24) is 5.32 Å². The molecule has 2 saturated carbocycles. The fourth-order valence-electron chi connectivity index (χ4n) is 3.93. The van der Waals surface area contributed by atoms with Gasteiger partial charge in [0.2, 0.25) is 0 Å². The normalized spacial score (nSPS) is 49.0. The maximum atomic E-state index is 5.58. The van der Waals surface area contributed by atoms with Crippen molar-refractivity contribution < 1.29 is 4.74 Å². The number of fused-ring (bicyclic) bond motifs is 2. The van der Waals surface area contributed by atoms with Gasteiger partial charge in [-0.15, -0.1) is 0 Å². The predicted octanol–water partition coefficient (Wildman–Crippen LogP) is 2.19. The molecular formula is C13H23NO. The van der Waals surface area contributed by atoms with Gasteiger partial charge in [-0.25, -0.2) is 0 Å². The maximum Gasteiger partial charge on any atom is 0.0700 e. The van der Waals surface area contributed by atoms with Gasteiger partial charge in [-0.2, -0.15) is 0 Å². The molecule has 0 spiro atoms. The van der Waals surface area contributed by atoms with Crippen LogP contribution in [0.5, 0.6) is 0 Å². The van der Waals surface area contributed by atoms with Crippen molar-refractivity contribution in [1.29, 1.82) is 0 Å². The number of nitrogens with one attached hydrogen (secondary N) is 1. The molecule has 0 aromatic rings. The number of hydrogen-bond acceptors (Lipinski definition) is 2. The first-order chi connectivity index (χ1) is 7.33. The molecule has 86 valence electrons. The third-order valence-electron chi connectivity index (χ3n) is 4.90. The molecule has 2 aliphatic carbocycles. The Kier molecular flexibility index (Phi) is 2.73. The average Bonchev–Trinajstić information content (AvgIpc) is 2.90. The highest BCUT2D eigenvalue weighted by Crippen LogP contribution is 2.48. The first kappa shape index (κ1) is 10.1. The van der Waals surface area contributed by atoms with Gasteiger partial charge < -0.3 is 10.1 Å². The molecule has 1 heterocycles. The Morgan fingerprint density at radius 1 is 1.20 bits per heavy atom. The van der Waals surface area contributed by atoms with Gasteiger partial charge in [-0.3, -0.25) is 0 Å². The van der Waals surface area contributed by atoms with Gasteiger partial charge in [-0.05, 0) is 56.9 Å². The standard InChI is InChI=1S/C13H23NO/c1-9-13(4-5-15-9)14-8-12-7-10-2-3-11(12)6-10/h9-14H,2-8H2,1H3. The highest BCUT2D eigenvalue weighted by atomic mass is 16.5. The van der Waals surface area contributed by atoms with Gasteiger partial charge in [0.05, 0.1) is 6.10 Å². The maximum absolute atomic E-state index is 5.58. The molecule has 1 aliphatic heterocycles. The second-order valence-corrected chi connectivity index (χ2v) is 5.81. The van der Waals surface area contributed by atoms with E-state index in [0.717, 1.165) is 24.4 Å². The monoisotopic (exact) mass is 209 g/mol. The lowest BCUT2D eigenvalue weighted by Gasteiger charge is -2.25. The molecule has 0 radical (unpaired) electrons. The predicted molar refractivity (Wildman–Crippen MR) is 60.8 cm³/mol. The van der Waals surface area contributed by atoms with E-state index in [9.17, 15) is 0 Å². The zero-order valence-corrected chi connectivity index (χ0v) is 9.74. The zero-order chi connectivity index (χ0) is 10.3. The molecule has 0 aromatic heterocycles. The summed E-state index contributed by atoms with van der Waals surface area (Å²) < 4.78 is 5.58. The highest BCUT2D eigenvalue weighted by molar-refractivity contribution is 4.92. The quantitative estimate of drug-likeness (QED) is 0.769. The molecule has 5 atom stereocenters. The molecule has 2 heteroatoms. The molecule has 1 N–H and O–H groups in total. The molecule has 3 rings (SSSR count). The smallest absolute Gasteiger partial charge is 0.0700 e. The van der Waals surface area contributed by atoms with Crippen LogP contribution in [0.1, 0.15) is 39.0 Å². The third kappa shape index (κ3) is 1.94. The van der Waals surface area contributed by atoms with Crippen molar-refractivity contribution in [3.63, 3.8) is 0 Å². The van der Waals surface area contributed by atoms with E-state index in [4.69, 9.17) is 4.74 Å². The highest BCUT2D eigenvalue weighted by Gasteiger charge is 2.39. The molecule has 0 aromatic carbocycles. The van der Waals surface area contributed by atoms with Crippen LogP contribution in [-0.4, -0.2) is 25.3 Å². The molecule has 3 aliphatic rings. The minimum Gasteiger partial charge on any atom is -0.377 e. The lowest BCUT2D eigenvalue weighted by molar-refractivity contribution is 0.111. The van der Waals surface area contributed by atoms with E-state index in [2.05, 4.69) is 12.2 Å². The molecule has 2 bridgehead atoms. The van der Waals surface area contributed by atoms with Crippen LogP contribution in [0.25, 0.3) is 0 Å². The Bertz CT molecular complexity index is 231. The SMILES string of the molecule is CC1OCCC1NCC1CC2CCC1C2. The molecule has 3 fully saturated rings. The summed E-state index contributed by atoms with van der Waals surface area (Å²) in [4.78, 5) is 0. The van der Waals surface area contributed by atoms with E-state index in [0.29, 0.717) is 12.1 Å². The summed E-state index contributed by atoms with van der Waals surface area (Å²) in [6.45, 7) is 4.40. The summed E-state index contributed by atoms with van der Waals surface area (Å²) in [6.07, 6.45) is 7.70. The Morgan fingerprint density at radius 2 is 2.13 bits per heavy atom. The van der Waals surface area contributed by atoms with Crippen LogP contribution in [-0.2, 0) is 4.74 Å². The van der Waals surface area contributed by atoms with Crippen molar-refractivity contribution in [2.45, 2.75) is 51.2 Å². The molecule has 2 nitrogen and oxygen atoms in total. The van der Waals surface area contributed by atoms with E-state index in [-0.39, 0.29) is 0 Å². The number of rotatable bonds is 3. The minimum atomic E-state index is 0.434. The van der Waals surface area contributed by atoms with Crippen LogP contribution in [0.3, 0.4) is 0 Å². The van der Waals surface area contributed by atoms with Crippen molar-refractivity contribution in [3.05, 3.63) is 0 Å². The Balaban J connectivity index is 1.46. The first-order valence-corrected chi connectivity index (χ1v) is 6.68. The van der Waals surface area contributed by atoms with Crippen molar-refractivity contribution in [2.75, 3.05) is 13.2 Å². The summed E-state index contributed by atoms with van der Waals surface area (Å²) >= 11 is 0. The van der Waals surface area contributed by atoms with Gasteiger partial charge in [0.15, 0.2) is 0 Å². The third-order valence-corrected chi connectivity index (χ3v) is 4.90. The largest absolute Gasteiger partial charge is 0.377 e. The lowest BCUT2D eigenvalue weighted by atomic mass is 9.88. The van der Waals surface area contributed by atoms with Gasteiger partial charge in [-0.1, -0.05) is 6.42 Å². The van der Waals surface area contributed by atoms with Gasteiger partial charge in [0.1, 0.15) is 0 Å². The van der Waals surface area contributed by atoms with Gasteiger partial charge >= 0.3 is 0 Å². The van der Waals surface area contributed by atoms with E-state index in [1.165, 1.54) is 38.6 Å². The summed E-state index contributed by atoms with van der Waals surface area (Å²) in [6, 6.07) is 0.629. The van der Waals surface area contributed by atoms with E-state index < -0.39 is 0 Å². The Morgan fingerprint density at radius 3 is 2.73 bits per heavy atom. The van der Waals surface area contributed by atoms with Gasteiger partial charge in [0, 0.05) is 12.6 Å². The van der Waals surface area contributed by atoms with E-state index in [1.807, 2.05) is 0 Å². The van der Waals surface area contributed by atoms with Crippen molar-refractivity contribution in [2.24, 2.45) is 17.8 Å². The Hall–Kier alpha value is -0.0800. The van der Waals surface area contributed by atoms with E-state index in [1.54, 1.807) is 0 Å². The summed E-state index contributed by atoms with van der Waals surface area (Å²) in [7, 11) is 0. The van der Waals surface area contributed by atoms with E-state index >= 15 is 0 Å². The number of ether oxygens (including phenoxy) is 1. The van der Waals surface area contributed by atoms with Crippen LogP contribution in [0, 0.1) is 17.8 Å². The first-order valence-electron chi connectivity index (χ1n) is 6.68. The van der Waals surface area contributed by atoms with Crippen LogP contribution in [0.2, 0.25) is 0 Å². The summed E-state index contributed by atoms with van der Waals surface area (Å²) in [5, 5.41) is 3.73. The molecule has 5 unspecified atom stereocenters. The zero-order valence-electron chi connectivity index (χ0n) is 9.74. The summed E-state index contributed by atoms with van der Waals surface area (Å²) in [5.41, 5.74) is 0. The molecular weight excluding hydrogens is 186 g/mol. The summed E-state index contributed by atoms with van der Waals surface area (Å²) in [5.74, 6) is 3.12. The number of hydrogen-bond donors (Lipinski definition) is 1. The molecule has 1 saturated heterocycles. The van der Waals surface area contributed by atoms with Gasteiger partial charge in [0.25, 0.3) is 0 Å².